The summed E-state index contributed by atoms with van der Waals surface area (Å²) < 4.78 is 0. The highest BCUT2D eigenvalue weighted by molar-refractivity contribution is 5.46. The summed E-state index contributed by atoms with van der Waals surface area (Å²) in [6, 6.07) is 11.2. The molecule has 1 heterocycles. The van der Waals surface area contributed by atoms with Gasteiger partial charge in [0.25, 0.3) is 0 Å². The van der Waals surface area contributed by atoms with Crippen LogP contribution in [0.4, 0.5) is 11.6 Å². The molecule has 3 unspecified atom stereocenters. The van der Waals surface area contributed by atoms with E-state index in [2.05, 4.69) is 39.6 Å². The lowest BCUT2D eigenvalue weighted by Crippen LogP contribution is -2.47. The van der Waals surface area contributed by atoms with Crippen LogP contribution in [0.3, 0.4) is 0 Å². The van der Waals surface area contributed by atoms with E-state index in [0.29, 0.717) is 11.9 Å². The zero-order valence-electron chi connectivity index (χ0n) is 11.3. The van der Waals surface area contributed by atoms with E-state index in [1.165, 1.54) is 25.6 Å². The fraction of sp³-hybridized carbons (Fsp3) is 0.375. The normalized spacial score (nSPS) is 27.1. The van der Waals surface area contributed by atoms with Crippen LogP contribution in [0.1, 0.15) is 29.9 Å². The molecule has 1 fully saturated rings. The van der Waals surface area contributed by atoms with E-state index in [1.807, 2.05) is 6.07 Å². The highest BCUT2D eigenvalue weighted by atomic mass is 15.1. The Hall–Kier alpha value is -2.10. The van der Waals surface area contributed by atoms with Crippen molar-refractivity contribution < 1.29 is 0 Å². The molecule has 3 N–H and O–H groups in total. The second kappa shape index (κ2) is 4.47. The minimum atomic E-state index is 0.516. The lowest BCUT2D eigenvalue weighted by atomic mass is 9.60. The molecule has 1 aromatic carbocycles. The number of benzene rings is 1. The van der Waals surface area contributed by atoms with Gasteiger partial charge in [-0.2, -0.15) is 0 Å². The van der Waals surface area contributed by atoms with Crippen molar-refractivity contribution in [1.82, 2.24) is 9.97 Å². The summed E-state index contributed by atoms with van der Waals surface area (Å²) in [5.74, 6) is 2.81. The molecule has 4 heteroatoms. The van der Waals surface area contributed by atoms with Crippen LogP contribution in [0.2, 0.25) is 0 Å². The Morgan fingerprint density at radius 3 is 3.00 bits per heavy atom. The Morgan fingerprint density at radius 1 is 1.20 bits per heavy atom. The summed E-state index contributed by atoms with van der Waals surface area (Å²) in [6.45, 7) is 0. The average molecular weight is 266 g/mol. The fourth-order valence-corrected chi connectivity index (χ4v) is 3.72. The van der Waals surface area contributed by atoms with Gasteiger partial charge in [0, 0.05) is 12.1 Å². The number of anilines is 2. The van der Waals surface area contributed by atoms with Crippen molar-refractivity contribution in [3.05, 3.63) is 47.8 Å². The lowest BCUT2D eigenvalue weighted by Gasteiger charge is -2.49. The third-order valence-electron chi connectivity index (χ3n) is 4.76. The monoisotopic (exact) mass is 266 g/mol. The summed E-state index contributed by atoms with van der Waals surface area (Å²) in [5, 5.41) is 3.52. The molecule has 2 aliphatic rings. The van der Waals surface area contributed by atoms with Crippen molar-refractivity contribution in [2.24, 2.45) is 5.92 Å². The van der Waals surface area contributed by atoms with Crippen molar-refractivity contribution in [2.45, 2.75) is 31.2 Å². The van der Waals surface area contributed by atoms with Gasteiger partial charge in [-0.25, -0.2) is 9.97 Å². The molecule has 0 spiro atoms. The van der Waals surface area contributed by atoms with E-state index >= 15 is 0 Å². The molecule has 4 nitrogen and oxygen atoms in total. The third-order valence-corrected chi connectivity index (χ3v) is 4.76. The number of fused-ring (bicyclic) bond motifs is 3. The van der Waals surface area contributed by atoms with Gasteiger partial charge in [-0.05, 0) is 42.2 Å². The molecular weight excluding hydrogens is 248 g/mol. The van der Waals surface area contributed by atoms with Crippen LogP contribution in [-0.2, 0) is 6.42 Å². The Balaban J connectivity index is 1.51. The van der Waals surface area contributed by atoms with Crippen molar-refractivity contribution in [1.29, 1.82) is 0 Å². The van der Waals surface area contributed by atoms with Crippen LogP contribution >= 0.6 is 0 Å². The van der Waals surface area contributed by atoms with E-state index in [1.54, 1.807) is 11.1 Å². The molecule has 2 aromatic rings. The molecule has 0 saturated heterocycles. The van der Waals surface area contributed by atoms with Crippen molar-refractivity contribution >= 4 is 11.6 Å². The number of hydrogen-bond acceptors (Lipinski definition) is 4. The first-order valence-electron chi connectivity index (χ1n) is 7.23. The van der Waals surface area contributed by atoms with Crippen molar-refractivity contribution in [3.8, 4) is 0 Å². The van der Waals surface area contributed by atoms with Crippen molar-refractivity contribution in [2.75, 3.05) is 11.1 Å². The van der Waals surface area contributed by atoms with E-state index in [9.17, 15) is 0 Å². The van der Waals surface area contributed by atoms with Gasteiger partial charge in [-0.3, -0.25) is 0 Å². The van der Waals surface area contributed by atoms with Gasteiger partial charge in [-0.1, -0.05) is 24.3 Å². The van der Waals surface area contributed by atoms with E-state index in [0.717, 1.165) is 17.7 Å². The van der Waals surface area contributed by atoms with Gasteiger partial charge < -0.3 is 11.1 Å². The third kappa shape index (κ3) is 1.83. The van der Waals surface area contributed by atoms with Crippen LogP contribution in [0.5, 0.6) is 0 Å². The lowest BCUT2D eigenvalue weighted by molar-refractivity contribution is 0.194. The molecule has 1 saturated carbocycles. The average Bonchev–Trinajstić information content (AvgIpc) is 2.44. The zero-order valence-corrected chi connectivity index (χ0v) is 11.3. The number of aryl methyl sites for hydroxylation is 1. The van der Waals surface area contributed by atoms with E-state index in [4.69, 9.17) is 5.73 Å². The van der Waals surface area contributed by atoms with Gasteiger partial charge >= 0.3 is 0 Å². The summed E-state index contributed by atoms with van der Waals surface area (Å²) in [5.41, 5.74) is 8.80. The first-order chi connectivity index (χ1) is 9.81. The number of nitrogens with one attached hydrogen (secondary N) is 1. The van der Waals surface area contributed by atoms with Crippen LogP contribution < -0.4 is 11.1 Å². The molecule has 4 rings (SSSR count). The molecule has 2 aliphatic carbocycles. The minimum absolute atomic E-state index is 0.516. The number of nitrogens with two attached hydrogens (primary N) is 1. The topological polar surface area (TPSA) is 63.8 Å². The largest absolute Gasteiger partial charge is 0.384 e. The Bertz CT molecular complexity index is 640. The predicted molar refractivity (Wildman–Crippen MR) is 79.5 cm³/mol. The molecule has 0 radical (unpaired) electrons. The maximum absolute atomic E-state index is 5.70. The molecule has 20 heavy (non-hydrogen) atoms. The van der Waals surface area contributed by atoms with Crippen molar-refractivity contribution in [3.63, 3.8) is 0 Å². The molecule has 1 aromatic heterocycles. The molecule has 0 bridgehead atoms. The van der Waals surface area contributed by atoms with Crippen LogP contribution in [0.25, 0.3) is 0 Å². The summed E-state index contributed by atoms with van der Waals surface area (Å²) in [4.78, 5) is 8.17. The number of nitrogens with zero attached hydrogens (tertiary/aromatic N) is 2. The van der Waals surface area contributed by atoms with Crippen LogP contribution in [-0.4, -0.2) is 16.0 Å². The maximum atomic E-state index is 5.70. The molecule has 0 aliphatic heterocycles. The Labute approximate surface area is 118 Å². The quantitative estimate of drug-likeness (QED) is 0.877. The number of hydrogen-bond donors (Lipinski definition) is 2. The SMILES string of the molecule is Nc1cc(NC2CC3c4ccccc4CCC23)ncn1. The summed E-state index contributed by atoms with van der Waals surface area (Å²) in [6.07, 6.45) is 5.16. The minimum Gasteiger partial charge on any atom is -0.384 e. The van der Waals surface area contributed by atoms with Gasteiger partial charge in [0.2, 0.25) is 0 Å². The van der Waals surface area contributed by atoms with Gasteiger partial charge in [0.1, 0.15) is 18.0 Å². The number of rotatable bonds is 2. The number of nitrogen functional groups attached to an aromatic ring is 1. The Morgan fingerprint density at radius 2 is 2.10 bits per heavy atom. The van der Waals surface area contributed by atoms with Gasteiger partial charge in [0.15, 0.2) is 0 Å². The second-order valence-electron chi connectivity index (χ2n) is 5.82. The molecule has 3 atom stereocenters. The smallest absolute Gasteiger partial charge is 0.131 e. The molecule has 0 amide bonds. The van der Waals surface area contributed by atoms with E-state index in [-0.39, 0.29) is 0 Å². The fourth-order valence-electron chi connectivity index (χ4n) is 3.72. The predicted octanol–water partition coefficient (Wildman–Crippen LogP) is 2.59. The summed E-state index contributed by atoms with van der Waals surface area (Å²) in [7, 11) is 0. The first-order valence-corrected chi connectivity index (χ1v) is 7.23. The Kier molecular flexibility index (Phi) is 2.62. The van der Waals surface area contributed by atoms with Crippen LogP contribution in [0.15, 0.2) is 36.7 Å². The number of aromatic nitrogens is 2. The van der Waals surface area contributed by atoms with E-state index < -0.39 is 0 Å². The first kappa shape index (κ1) is 11.7. The standard InChI is InChI=1S/C16H18N4/c17-15-8-16(19-9-18-15)20-14-7-13-11-4-2-1-3-10(11)5-6-12(13)14/h1-4,8-9,12-14H,5-7H2,(H3,17,18,19,20). The van der Waals surface area contributed by atoms with Crippen LogP contribution in [0, 0.1) is 5.92 Å². The van der Waals surface area contributed by atoms with Gasteiger partial charge in [-0.15, -0.1) is 0 Å². The molecular formula is C16H18N4. The zero-order chi connectivity index (χ0) is 13.5. The second-order valence-corrected chi connectivity index (χ2v) is 5.82. The van der Waals surface area contributed by atoms with Gasteiger partial charge in [0.05, 0.1) is 0 Å². The summed E-state index contributed by atoms with van der Waals surface area (Å²) >= 11 is 0. The highest BCUT2D eigenvalue weighted by Gasteiger charge is 2.44. The highest BCUT2D eigenvalue weighted by Crippen LogP contribution is 2.50. The molecule has 102 valence electrons. The maximum Gasteiger partial charge on any atom is 0.131 e.